The van der Waals surface area contributed by atoms with Crippen molar-refractivity contribution in [1.29, 1.82) is 0 Å². The second kappa shape index (κ2) is 6.36. The fourth-order valence-electron chi connectivity index (χ4n) is 3.52. The first-order valence-corrected chi connectivity index (χ1v) is 10.1. The van der Waals surface area contributed by atoms with Gasteiger partial charge in [0.1, 0.15) is 4.38 Å². The van der Waals surface area contributed by atoms with E-state index in [0.29, 0.717) is 0 Å². The first kappa shape index (κ1) is 15.3. The van der Waals surface area contributed by atoms with Crippen molar-refractivity contribution >= 4 is 44.7 Å². The van der Waals surface area contributed by atoms with Gasteiger partial charge in [0.15, 0.2) is 0 Å². The van der Waals surface area contributed by atoms with Crippen molar-refractivity contribution in [3.05, 3.63) is 35.5 Å². The summed E-state index contributed by atoms with van der Waals surface area (Å²) < 4.78 is 3.07. The van der Waals surface area contributed by atoms with Gasteiger partial charge in [-0.25, -0.2) is 0 Å². The fraction of sp³-hybridized carbons (Fsp3) is 0.444. The average Bonchev–Trinajstić information content (AvgIpc) is 3.20. The molecule has 1 aromatic carbocycles. The highest BCUT2D eigenvalue weighted by atomic mass is 32.2. The maximum atomic E-state index is 13.2. The first-order chi connectivity index (χ1) is 11.3. The molecule has 1 atom stereocenters. The SMILES string of the molecule is CC(SC1=NCCS1)C(=O)n1c2c(c3ccccc31)CCCC2. The van der Waals surface area contributed by atoms with Gasteiger partial charge in [-0.3, -0.25) is 14.4 Å². The molecule has 2 heterocycles. The van der Waals surface area contributed by atoms with Crippen molar-refractivity contribution in [2.45, 2.75) is 37.9 Å². The lowest BCUT2D eigenvalue weighted by molar-refractivity contribution is 0.0917. The van der Waals surface area contributed by atoms with E-state index in [0.717, 1.165) is 35.0 Å². The minimum Gasteiger partial charge on any atom is -0.283 e. The van der Waals surface area contributed by atoms with E-state index in [1.54, 1.807) is 23.5 Å². The summed E-state index contributed by atoms with van der Waals surface area (Å²) in [5, 5.41) is 1.17. The number of para-hydroxylation sites is 1. The van der Waals surface area contributed by atoms with E-state index in [9.17, 15) is 4.79 Å². The molecule has 4 rings (SSSR count). The molecule has 0 bridgehead atoms. The number of aryl methyl sites for hydroxylation is 1. The van der Waals surface area contributed by atoms with Crippen LogP contribution in [-0.4, -0.2) is 32.4 Å². The summed E-state index contributed by atoms with van der Waals surface area (Å²) in [5.74, 6) is 1.25. The molecule has 0 N–H and O–H groups in total. The quantitative estimate of drug-likeness (QED) is 0.810. The molecule has 0 saturated carbocycles. The minimum atomic E-state index is -0.0961. The average molecular weight is 345 g/mol. The number of carbonyl (C=O) groups excluding carboxylic acids is 1. The normalized spacial score (nSPS) is 18.7. The van der Waals surface area contributed by atoms with Crippen LogP contribution in [-0.2, 0) is 12.8 Å². The summed E-state index contributed by atoms with van der Waals surface area (Å²) in [4.78, 5) is 17.6. The lowest BCUT2D eigenvalue weighted by Crippen LogP contribution is -2.25. The van der Waals surface area contributed by atoms with Gasteiger partial charge in [-0.15, -0.1) is 0 Å². The van der Waals surface area contributed by atoms with Gasteiger partial charge in [-0.1, -0.05) is 41.7 Å². The molecule has 0 saturated heterocycles. The van der Waals surface area contributed by atoms with Gasteiger partial charge >= 0.3 is 0 Å². The molecule has 5 heteroatoms. The topological polar surface area (TPSA) is 34.4 Å². The Morgan fingerprint density at radius 1 is 1.30 bits per heavy atom. The Hall–Kier alpha value is -1.20. The van der Waals surface area contributed by atoms with Crippen molar-refractivity contribution in [3.8, 4) is 0 Å². The van der Waals surface area contributed by atoms with Crippen LogP contribution in [0.3, 0.4) is 0 Å². The van der Waals surface area contributed by atoms with Gasteiger partial charge in [-0.05, 0) is 44.2 Å². The third kappa shape index (κ3) is 2.74. The number of fused-ring (bicyclic) bond motifs is 3. The molecule has 1 unspecified atom stereocenters. The van der Waals surface area contributed by atoms with Gasteiger partial charge in [0.05, 0.1) is 17.3 Å². The van der Waals surface area contributed by atoms with E-state index >= 15 is 0 Å². The maximum absolute atomic E-state index is 13.2. The third-order valence-electron chi connectivity index (χ3n) is 4.58. The van der Waals surface area contributed by atoms with Gasteiger partial charge in [-0.2, -0.15) is 0 Å². The van der Waals surface area contributed by atoms with Crippen LogP contribution in [0.25, 0.3) is 10.9 Å². The molecule has 0 fully saturated rings. The number of benzene rings is 1. The van der Waals surface area contributed by atoms with Crippen molar-refractivity contribution in [1.82, 2.24) is 4.57 Å². The second-order valence-electron chi connectivity index (χ2n) is 6.08. The molecular weight excluding hydrogens is 324 g/mol. The second-order valence-corrected chi connectivity index (χ2v) is 8.75. The molecule has 3 nitrogen and oxygen atoms in total. The third-order valence-corrected chi connectivity index (χ3v) is 6.87. The van der Waals surface area contributed by atoms with Crippen molar-refractivity contribution in [2.24, 2.45) is 4.99 Å². The van der Waals surface area contributed by atoms with Crippen LogP contribution < -0.4 is 0 Å². The van der Waals surface area contributed by atoms with E-state index in [1.807, 2.05) is 17.6 Å². The van der Waals surface area contributed by atoms with Gasteiger partial charge < -0.3 is 0 Å². The summed E-state index contributed by atoms with van der Waals surface area (Å²) in [6.07, 6.45) is 4.52. The molecule has 1 aliphatic carbocycles. The van der Waals surface area contributed by atoms with Crippen molar-refractivity contribution < 1.29 is 4.79 Å². The highest BCUT2D eigenvalue weighted by Crippen LogP contribution is 2.34. The molecule has 0 radical (unpaired) electrons. The van der Waals surface area contributed by atoms with E-state index in [4.69, 9.17) is 0 Å². The molecule has 1 aliphatic heterocycles. The number of hydrogen-bond acceptors (Lipinski definition) is 4. The van der Waals surface area contributed by atoms with Crippen molar-refractivity contribution in [2.75, 3.05) is 12.3 Å². The highest BCUT2D eigenvalue weighted by molar-refractivity contribution is 8.39. The summed E-state index contributed by atoms with van der Waals surface area (Å²) >= 11 is 3.38. The lowest BCUT2D eigenvalue weighted by Gasteiger charge is -2.17. The van der Waals surface area contributed by atoms with Crippen LogP contribution >= 0.6 is 23.5 Å². The van der Waals surface area contributed by atoms with E-state index in [-0.39, 0.29) is 11.2 Å². The molecule has 2 aromatic rings. The molecule has 23 heavy (non-hydrogen) atoms. The fourth-order valence-corrected chi connectivity index (χ4v) is 5.69. The molecule has 120 valence electrons. The first-order valence-electron chi connectivity index (χ1n) is 8.25. The highest BCUT2D eigenvalue weighted by Gasteiger charge is 2.27. The maximum Gasteiger partial charge on any atom is 0.244 e. The van der Waals surface area contributed by atoms with Gasteiger partial charge in [0.25, 0.3) is 0 Å². The van der Waals surface area contributed by atoms with Crippen LogP contribution in [0.2, 0.25) is 0 Å². The summed E-state index contributed by atoms with van der Waals surface area (Å²) in [5.41, 5.74) is 3.72. The molecule has 0 spiro atoms. The van der Waals surface area contributed by atoms with Crippen LogP contribution in [0.1, 0.15) is 35.8 Å². The summed E-state index contributed by atoms with van der Waals surface area (Å²) in [7, 11) is 0. The van der Waals surface area contributed by atoms with E-state index < -0.39 is 0 Å². The standard InChI is InChI=1S/C18H20N2OS2/c1-12(23-18-19-10-11-22-18)17(21)20-15-8-4-2-6-13(15)14-7-3-5-9-16(14)20/h2,4,6,8,12H,3,5,7,9-11H2,1H3. The Morgan fingerprint density at radius 2 is 2.13 bits per heavy atom. The number of nitrogens with zero attached hydrogens (tertiary/aromatic N) is 2. The number of aliphatic imine (C=N–C) groups is 1. The predicted molar refractivity (Wildman–Crippen MR) is 101 cm³/mol. The Kier molecular flexibility index (Phi) is 4.24. The molecule has 2 aliphatic rings. The van der Waals surface area contributed by atoms with Gasteiger partial charge in [0.2, 0.25) is 5.91 Å². The van der Waals surface area contributed by atoms with Crippen LogP contribution in [0.5, 0.6) is 0 Å². The number of carbonyl (C=O) groups is 1. The summed E-state index contributed by atoms with van der Waals surface area (Å²) in [6, 6.07) is 8.36. The molecular formula is C18H20N2OS2. The number of thioether (sulfide) groups is 2. The molecule has 0 amide bonds. The Balaban J connectivity index is 1.74. The Bertz CT molecular complexity index is 794. The largest absolute Gasteiger partial charge is 0.283 e. The molecule has 1 aromatic heterocycles. The van der Waals surface area contributed by atoms with E-state index in [1.165, 1.54) is 29.5 Å². The number of rotatable bonds is 2. The smallest absolute Gasteiger partial charge is 0.244 e. The number of hydrogen-bond donors (Lipinski definition) is 0. The zero-order chi connectivity index (χ0) is 15.8. The predicted octanol–water partition coefficient (Wildman–Crippen LogP) is 4.38. The van der Waals surface area contributed by atoms with Gasteiger partial charge in [0, 0.05) is 16.8 Å². The van der Waals surface area contributed by atoms with E-state index in [2.05, 4.69) is 23.2 Å². The Morgan fingerprint density at radius 3 is 2.96 bits per heavy atom. The van der Waals surface area contributed by atoms with Crippen molar-refractivity contribution in [3.63, 3.8) is 0 Å². The monoisotopic (exact) mass is 344 g/mol. The lowest BCUT2D eigenvalue weighted by atomic mass is 9.95. The summed E-state index contributed by atoms with van der Waals surface area (Å²) in [6.45, 7) is 2.90. The zero-order valence-electron chi connectivity index (χ0n) is 13.2. The number of aromatic nitrogens is 1. The minimum absolute atomic E-state index is 0.0961. The zero-order valence-corrected chi connectivity index (χ0v) is 14.9. The Labute approximate surface area is 144 Å². The van der Waals surface area contributed by atoms with Crippen LogP contribution in [0.4, 0.5) is 0 Å². The van der Waals surface area contributed by atoms with Crippen LogP contribution in [0, 0.1) is 0 Å². The van der Waals surface area contributed by atoms with Crippen LogP contribution in [0.15, 0.2) is 29.3 Å².